The highest BCUT2D eigenvalue weighted by molar-refractivity contribution is 7.99. The number of hydrogen-bond acceptors (Lipinski definition) is 9. The number of hydrogen-bond donors (Lipinski definition) is 1. The van der Waals surface area contributed by atoms with Crippen LogP contribution in [-0.2, 0) is 28.5 Å². The van der Waals surface area contributed by atoms with Gasteiger partial charge in [-0.1, -0.05) is 35.3 Å². The van der Waals surface area contributed by atoms with Gasteiger partial charge >= 0.3 is 11.9 Å². The van der Waals surface area contributed by atoms with E-state index in [0.29, 0.717) is 33.3 Å². The average Bonchev–Trinajstić information content (AvgIpc) is 2.88. The molecule has 0 aliphatic carbocycles. The van der Waals surface area contributed by atoms with Crippen molar-refractivity contribution in [3.8, 4) is 0 Å². The van der Waals surface area contributed by atoms with Gasteiger partial charge in [-0.25, -0.2) is 9.59 Å². The zero-order valence-electron chi connectivity index (χ0n) is 21.4. The Hall–Kier alpha value is -1.75. The number of benzene rings is 1. The lowest BCUT2D eigenvalue weighted by molar-refractivity contribution is -0.140. The van der Waals surface area contributed by atoms with Crippen LogP contribution in [0, 0.1) is 0 Å². The van der Waals surface area contributed by atoms with E-state index in [1.54, 1.807) is 43.8 Å². The lowest BCUT2D eigenvalue weighted by Gasteiger charge is -2.31. The standard InChI is InChI=1S/C26H34Cl2N2O6S/c1-17-21(25(31)35-13-12-33-3)23(19-5-4-6-20(27)24(19)28)22(18(2)29-17)26(32)36-14-16-37-15-9-30-7-10-34-11-8-30/h4-6,23,29H,7-16H2,1-3H3. The zero-order chi connectivity index (χ0) is 26.8. The summed E-state index contributed by atoms with van der Waals surface area (Å²) < 4.78 is 21.5. The van der Waals surface area contributed by atoms with Crippen LogP contribution in [0.2, 0.25) is 10.0 Å². The minimum atomic E-state index is -0.802. The molecule has 0 saturated carbocycles. The summed E-state index contributed by atoms with van der Waals surface area (Å²) in [7, 11) is 1.52. The van der Waals surface area contributed by atoms with Crippen LogP contribution in [0.1, 0.15) is 25.3 Å². The number of rotatable bonds is 12. The number of allylic oxidation sites excluding steroid dienone is 2. The Morgan fingerprint density at radius 3 is 2.32 bits per heavy atom. The van der Waals surface area contributed by atoms with Crippen molar-refractivity contribution in [1.82, 2.24) is 10.2 Å². The number of carbonyl (C=O) groups excluding carboxylic acids is 2. The van der Waals surface area contributed by atoms with E-state index in [0.717, 1.165) is 38.6 Å². The zero-order valence-corrected chi connectivity index (χ0v) is 23.8. The van der Waals surface area contributed by atoms with Gasteiger partial charge in [0.15, 0.2) is 0 Å². The van der Waals surface area contributed by atoms with E-state index in [9.17, 15) is 9.59 Å². The van der Waals surface area contributed by atoms with E-state index in [1.807, 2.05) is 0 Å². The lowest BCUT2D eigenvalue weighted by Crippen LogP contribution is -2.37. The molecule has 1 aromatic carbocycles. The van der Waals surface area contributed by atoms with E-state index in [1.165, 1.54) is 7.11 Å². The number of morpholine rings is 1. The van der Waals surface area contributed by atoms with Crippen molar-refractivity contribution >= 4 is 46.9 Å². The topological polar surface area (TPSA) is 86.3 Å². The molecule has 11 heteroatoms. The molecular formula is C26H34Cl2N2O6S. The molecule has 37 heavy (non-hydrogen) atoms. The van der Waals surface area contributed by atoms with Gasteiger partial charge in [-0.3, -0.25) is 4.90 Å². The first-order valence-electron chi connectivity index (χ1n) is 12.2. The fraction of sp³-hybridized carbons (Fsp3) is 0.538. The smallest absolute Gasteiger partial charge is 0.336 e. The molecule has 2 aliphatic rings. The summed E-state index contributed by atoms with van der Waals surface area (Å²) in [4.78, 5) is 28.9. The molecular weight excluding hydrogens is 539 g/mol. The van der Waals surface area contributed by atoms with Crippen molar-refractivity contribution < 1.29 is 28.5 Å². The van der Waals surface area contributed by atoms with Gasteiger partial charge < -0.3 is 24.3 Å². The summed E-state index contributed by atoms with van der Waals surface area (Å²) in [6.45, 7) is 8.54. The van der Waals surface area contributed by atoms with Gasteiger partial charge in [-0.15, -0.1) is 0 Å². The normalized spacial score (nSPS) is 18.6. The van der Waals surface area contributed by atoms with Gasteiger partial charge in [0.05, 0.1) is 46.9 Å². The monoisotopic (exact) mass is 572 g/mol. The number of nitrogens with one attached hydrogen (secondary N) is 1. The number of thioether (sulfide) groups is 1. The summed E-state index contributed by atoms with van der Waals surface area (Å²) in [5.41, 5.74) is 2.25. The fourth-order valence-corrected chi connectivity index (χ4v) is 5.49. The summed E-state index contributed by atoms with van der Waals surface area (Å²) in [5.74, 6) is -0.279. The molecule has 0 spiro atoms. The molecule has 1 N–H and O–H groups in total. The second-order valence-corrected chi connectivity index (χ2v) is 10.6. The van der Waals surface area contributed by atoms with Crippen LogP contribution in [0.15, 0.2) is 40.7 Å². The third-order valence-corrected chi connectivity index (χ3v) is 7.89. The molecule has 0 bridgehead atoms. The number of halogens is 2. The highest BCUT2D eigenvalue weighted by Crippen LogP contribution is 2.43. The number of methoxy groups -OCH3 is 1. The SMILES string of the molecule is COCCOC(=O)C1=C(C)NC(C)=C(C(=O)OCCSCCN2CCOCC2)C1c1cccc(Cl)c1Cl. The van der Waals surface area contributed by atoms with E-state index < -0.39 is 17.9 Å². The number of dihydropyridines is 1. The summed E-state index contributed by atoms with van der Waals surface area (Å²) in [6, 6.07) is 5.14. The van der Waals surface area contributed by atoms with Crippen molar-refractivity contribution in [3.05, 3.63) is 56.3 Å². The van der Waals surface area contributed by atoms with Crippen LogP contribution in [-0.4, -0.2) is 88.1 Å². The van der Waals surface area contributed by atoms with E-state index >= 15 is 0 Å². The molecule has 1 saturated heterocycles. The van der Waals surface area contributed by atoms with Crippen LogP contribution in [0.5, 0.6) is 0 Å². The summed E-state index contributed by atoms with van der Waals surface area (Å²) in [5, 5.41) is 3.73. The highest BCUT2D eigenvalue weighted by Gasteiger charge is 2.39. The van der Waals surface area contributed by atoms with Crippen molar-refractivity contribution in [1.29, 1.82) is 0 Å². The number of esters is 2. The maximum Gasteiger partial charge on any atom is 0.336 e. The quantitative estimate of drug-likeness (QED) is 0.294. The minimum Gasteiger partial charge on any atom is -0.461 e. The molecule has 8 nitrogen and oxygen atoms in total. The first kappa shape index (κ1) is 29.8. The largest absolute Gasteiger partial charge is 0.461 e. The lowest BCUT2D eigenvalue weighted by atomic mass is 9.80. The maximum atomic E-state index is 13.4. The number of nitrogens with zero attached hydrogens (tertiary/aromatic N) is 1. The van der Waals surface area contributed by atoms with Crippen LogP contribution in [0.4, 0.5) is 0 Å². The van der Waals surface area contributed by atoms with Crippen LogP contribution in [0.3, 0.4) is 0 Å². The molecule has 204 valence electrons. The Balaban J connectivity index is 1.73. The first-order valence-corrected chi connectivity index (χ1v) is 14.1. The van der Waals surface area contributed by atoms with Crippen LogP contribution in [0.25, 0.3) is 0 Å². The van der Waals surface area contributed by atoms with Gasteiger partial charge in [-0.05, 0) is 25.5 Å². The van der Waals surface area contributed by atoms with Crippen molar-refractivity contribution in [2.45, 2.75) is 19.8 Å². The summed E-state index contributed by atoms with van der Waals surface area (Å²) in [6.07, 6.45) is 0. The average molecular weight is 574 g/mol. The van der Waals surface area contributed by atoms with E-state index in [-0.39, 0.29) is 30.4 Å². The van der Waals surface area contributed by atoms with Crippen LogP contribution >= 0.6 is 35.0 Å². The molecule has 1 atom stereocenters. The molecule has 2 heterocycles. The van der Waals surface area contributed by atoms with E-state index in [2.05, 4.69) is 10.2 Å². The molecule has 1 fully saturated rings. The minimum absolute atomic E-state index is 0.0757. The van der Waals surface area contributed by atoms with E-state index in [4.69, 9.17) is 42.1 Å². The van der Waals surface area contributed by atoms with Crippen molar-refractivity contribution in [2.75, 3.05) is 71.3 Å². The second kappa shape index (κ2) is 15.0. The number of carbonyl (C=O) groups is 2. The Kier molecular flexibility index (Phi) is 12.1. The molecule has 3 rings (SSSR count). The Morgan fingerprint density at radius 1 is 1.03 bits per heavy atom. The predicted molar refractivity (Wildman–Crippen MR) is 146 cm³/mol. The maximum absolute atomic E-state index is 13.4. The van der Waals surface area contributed by atoms with Gasteiger partial charge in [0.2, 0.25) is 0 Å². The molecule has 0 radical (unpaired) electrons. The highest BCUT2D eigenvalue weighted by atomic mass is 35.5. The molecule has 1 unspecified atom stereocenters. The second-order valence-electron chi connectivity index (χ2n) is 8.61. The summed E-state index contributed by atoms with van der Waals surface area (Å²) >= 11 is 14.6. The van der Waals surface area contributed by atoms with Gasteiger partial charge in [0.1, 0.15) is 13.2 Å². The Bertz CT molecular complexity index is 1030. The van der Waals surface area contributed by atoms with Gasteiger partial charge in [0.25, 0.3) is 0 Å². The van der Waals surface area contributed by atoms with Crippen LogP contribution < -0.4 is 5.32 Å². The van der Waals surface area contributed by atoms with Gasteiger partial charge in [-0.2, -0.15) is 11.8 Å². The Morgan fingerprint density at radius 2 is 1.68 bits per heavy atom. The predicted octanol–water partition coefficient (Wildman–Crippen LogP) is 4.03. The molecule has 0 amide bonds. The van der Waals surface area contributed by atoms with Crippen molar-refractivity contribution in [2.24, 2.45) is 0 Å². The molecule has 0 aromatic heterocycles. The third kappa shape index (κ3) is 8.12. The van der Waals surface area contributed by atoms with Crippen molar-refractivity contribution in [3.63, 3.8) is 0 Å². The first-order chi connectivity index (χ1) is 17.8. The molecule has 2 aliphatic heterocycles. The third-order valence-electron chi connectivity index (χ3n) is 6.13. The fourth-order valence-electron chi connectivity index (χ4n) is 4.28. The Labute approximate surface area is 232 Å². The van der Waals surface area contributed by atoms with Gasteiger partial charge in [0, 0.05) is 49.6 Å². The molecule has 1 aromatic rings. The number of ether oxygens (including phenoxy) is 4.